The van der Waals surface area contributed by atoms with Gasteiger partial charge in [0.25, 0.3) is 0 Å². The first kappa shape index (κ1) is 25.8. The second-order valence-electron chi connectivity index (χ2n) is 10.7. The first-order chi connectivity index (χ1) is 17.7. The third kappa shape index (κ3) is 5.13. The fourth-order valence-corrected chi connectivity index (χ4v) is 4.76. The van der Waals surface area contributed by atoms with Crippen molar-refractivity contribution in [1.29, 1.82) is 0 Å². The molecule has 0 bridgehead atoms. The molecule has 2 aliphatic heterocycles. The number of benzene rings is 2. The highest BCUT2D eigenvalue weighted by molar-refractivity contribution is 6.62. The van der Waals surface area contributed by atoms with Crippen molar-refractivity contribution in [2.24, 2.45) is 0 Å². The first-order valence-electron chi connectivity index (χ1n) is 13.0. The lowest BCUT2D eigenvalue weighted by Crippen LogP contribution is -2.41. The molecule has 196 valence electrons. The van der Waals surface area contributed by atoms with Crippen LogP contribution in [0, 0.1) is 0 Å². The van der Waals surface area contributed by atoms with E-state index in [9.17, 15) is 4.79 Å². The third-order valence-electron chi connectivity index (χ3n) is 7.58. The molecular formula is C28H35BN2O6. The zero-order valence-corrected chi connectivity index (χ0v) is 22.3. The lowest BCUT2D eigenvalue weighted by molar-refractivity contribution is -0.142. The van der Waals surface area contributed by atoms with E-state index >= 15 is 0 Å². The maximum absolute atomic E-state index is 12.1. The summed E-state index contributed by atoms with van der Waals surface area (Å²) in [5.74, 6) is 0.380. The van der Waals surface area contributed by atoms with Gasteiger partial charge in [0.1, 0.15) is 12.4 Å². The molecule has 0 spiro atoms. The first-order valence-corrected chi connectivity index (χ1v) is 13.0. The summed E-state index contributed by atoms with van der Waals surface area (Å²) in [6, 6.07) is 13.8. The topological polar surface area (TPSA) is 81.0 Å². The van der Waals surface area contributed by atoms with E-state index in [-0.39, 0.29) is 18.4 Å². The molecule has 2 fully saturated rings. The minimum atomic E-state index is -0.466. The minimum absolute atomic E-state index is 0.140. The minimum Gasteiger partial charge on any atom is -0.487 e. The van der Waals surface area contributed by atoms with E-state index < -0.39 is 18.3 Å². The largest absolute Gasteiger partial charge is 0.494 e. The molecule has 1 aromatic heterocycles. The average molecular weight is 506 g/mol. The highest BCUT2D eigenvalue weighted by Crippen LogP contribution is 2.37. The normalized spacial score (nSPS) is 20.5. The second-order valence-corrected chi connectivity index (χ2v) is 10.7. The summed E-state index contributed by atoms with van der Waals surface area (Å²) in [5.41, 5.74) is 2.72. The molecule has 5 rings (SSSR count). The van der Waals surface area contributed by atoms with Gasteiger partial charge in [-0.2, -0.15) is 5.10 Å². The number of hydrogen-bond acceptors (Lipinski definition) is 7. The van der Waals surface area contributed by atoms with Gasteiger partial charge in [0, 0.05) is 17.6 Å². The molecule has 0 amide bonds. The molecule has 1 unspecified atom stereocenters. The Balaban J connectivity index is 1.47. The summed E-state index contributed by atoms with van der Waals surface area (Å²) in [4.78, 5) is 12.1. The van der Waals surface area contributed by atoms with Gasteiger partial charge in [-0.15, -0.1) is 0 Å². The number of ether oxygens (including phenoxy) is 3. The van der Waals surface area contributed by atoms with Gasteiger partial charge in [-0.25, -0.2) is 0 Å². The number of fused-ring (bicyclic) bond motifs is 1. The third-order valence-corrected chi connectivity index (χ3v) is 7.58. The van der Waals surface area contributed by atoms with E-state index in [4.69, 9.17) is 28.6 Å². The van der Waals surface area contributed by atoms with Gasteiger partial charge >= 0.3 is 13.1 Å². The molecule has 0 aliphatic carbocycles. The molecule has 2 saturated heterocycles. The maximum Gasteiger partial charge on any atom is 0.494 e. The van der Waals surface area contributed by atoms with Crippen LogP contribution in [0.5, 0.6) is 5.75 Å². The monoisotopic (exact) mass is 506 g/mol. The summed E-state index contributed by atoms with van der Waals surface area (Å²) in [5, 5.41) is 5.92. The SMILES string of the molecule is CCOC(=O)Cc1ccccc1OCc1c2cc(B3OC(C)(C)C(C)(C)O3)ccc2nn1C1CCOC1. The van der Waals surface area contributed by atoms with Crippen molar-refractivity contribution >= 4 is 29.5 Å². The lowest BCUT2D eigenvalue weighted by atomic mass is 9.78. The fraction of sp³-hybridized carbons (Fsp3) is 0.500. The smallest absolute Gasteiger partial charge is 0.487 e. The number of esters is 1. The number of rotatable bonds is 8. The number of aromatic nitrogens is 2. The van der Waals surface area contributed by atoms with Crippen molar-refractivity contribution < 1.29 is 28.3 Å². The summed E-state index contributed by atoms with van der Waals surface area (Å²) in [7, 11) is -0.466. The number of para-hydroxylation sites is 1. The molecule has 37 heavy (non-hydrogen) atoms. The van der Waals surface area contributed by atoms with Crippen LogP contribution in [0.4, 0.5) is 0 Å². The predicted octanol–water partition coefficient (Wildman–Crippen LogP) is 3.98. The van der Waals surface area contributed by atoms with Crippen molar-refractivity contribution in [2.75, 3.05) is 19.8 Å². The van der Waals surface area contributed by atoms with E-state index in [1.54, 1.807) is 6.92 Å². The average Bonchev–Trinajstić information content (AvgIpc) is 3.55. The zero-order valence-electron chi connectivity index (χ0n) is 22.3. The fourth-order valence-electron chi connectivity index (χ4n) is 4.76. The van der Waals surface area contributed by atoms with Crippen LogP contribution in [0.1, 0.15) is 58.3 Å². The molecule has 0 N–H and O–H groups in total. The van der Waals surface area contributed by atoms with Crippen LogP contribution in [0.2, 0.25) is 0 Å². The van der Waals surface area contributed by atoms with Crippen LogP contribution in [-0.2, 0) is 36.6 Å². The van der Waals surface area contributed by atoms with Crippen LogP contribution in [0.3, 0.4) is 0 Å². The van der Waals surface area contributed by atoms with Crippen LogP contribution < -0.4 is 10.2 Å². The molecule has 3 heterocycles. The van der Waals surface area contributed by atoms with Crippen LogP contribution >= 0.6 is 0 Å². The molecule has 2 aliphatic rings. The number of hydrogen-bond donors (Lipinski definition) is 0. The van der Waals surface area contributed by atoms with Crippen LogP contribution in [0.15, 0.2) is 42.5 Å². The summed E-state index contributed by atoms with van der Waals surface area (Å²) < 4.78 is 31.8. The van der Waals surface area contributed by atoms with E-state index in [1.165, 1.54) is 0 Å². The highest BCUT2D eigenvalue weighted by Gasteiger charge is 2.51. The van der Waals surface area contributed by atoms with E-state index in [0.29, 0.717) is 32.2 Å². The molecule has 8 nitrogen and oxygen atoms in total. The van der Waals surface area contributed by atoms with E-state index in [2.05, 4.69) is 33.8 Å². The van der Waals surface area contributed by atoms with Crippen molar-refractivity contribution in [1.82, 2.24) is 9.78 Å². The highest BCUT2D eigenvalue weighted by atomic mass is 16.7. The van der Waals surface area contributed by atoms with Crippen LogP contribution in [-0.4, -0.2) is 53.9 Å². The summed E-state index contributed by atoms with van der Waals surface area (Å²) >= 11 is 0. The lowest BCUT2D eigenvalue weighted by Gasteiger charge is -2.32. The quantitative estimate of drug-likeness (QED) is 0.338. The Bertz CT molecular complexity index is 1260. The Morgan fingerprint density at radius 3 is 2.59 bits per heavy atom. The Kier molecular flexibility index (Phi) is 7.04. The Hall–Kier alpha value is -2.88. The van der Waals surface area contributed by atoms with Crippen molar-refractivity contribution in [3.8, 4) is 5.75 Å². The molecule has 9 heteroatoms. The van der Waals surface area contributed by atoms with Gasteiger partial charge in [0.05, 0.1) is 48.1 Å². The van der Waals surface area contributed by atoms with E-state index in [1.807, 2.05) is 41.1 Å². The molecule has 0 radical (unpaired) electrons. The van der Waals surface area contributed by atoms with Crippen molar-refractivity contribution in [2.45, 2.75) is 71.3 Å². The number of carbonyl (C=O) groups is 1. The Morgan fingerprint density at radius 1 is 1.14 bits per heavy atom. The standard InChI is InChI=1S/C28H35BN2O6/c1-6-34-26(32)15-19-9-7-8-10-25(19)35-18-24-22-16-20(29-36-27(2,3)28(4,5)37-29)11-12-23(22)30-31(24)21-13-14-33-17-21/h7-12,16,21H,6,13-15,17-18H2,1-5H3. The molecule has 1 atom stereocenters. The zero-order chi connectivity index (χ0) is 26.2. The van der Waals surface area contributed by atoms with Crippen LogP contribution in [0.25, 0.3) is 10.9 Å². The second kappa shape index (κ2) is 10.1. The molecule has 0 saturated carbocycles. The maximum atomic E-state index is 12.1. The number of nitrogens with zero attached hydrogens (tertiary/aromatic N) is 2. The van der Waals surface area contributed by atoms with Crippen molar-refractivity contribution in [3.63, 3.8) is 0 Å². The predicted molar refractivity (Wildman–Crippen MR) is 141 cm³/mol. The summed E-state index contributed by atoms with van der Waals surface area (Å²) in [6.45, 7) is 12.0. The molecule has 2 aromatic carbocycles. The molecular weight excluding hydrogens is 471 g/mol. The summed E-state index contributed by atoms with van der Waals surface area (Å²) in [6.07, 6.45) is 1.05. The van der Waals surface area contributed by atoms with Crippen molar-refractivity contribution in [3.05, 3.63) is 53.7 Å². The van der Waals surface area contributed by atoms with E-state index in [0.717, 1.165) is 34.0 Å². The van der Waals surface area contributed by atoms with Gasteiger partial charge in [-0.1, -0.05) is 30.3 Å². The van der Waals surface area contributed by atoms with Gasteiger partial charge in [-0.3, -0.25) is 9.48 Å². The Labute approximate surface area is 218 Å². The van der Waals surface area contributed by atoms with Gasteiger partial charge in [0.2, 0.25) is 0 Å². The Morgan fingerprint density at radius 2 is 1.89 bits per heavy atom. The molecule has 3 aromatic rings. The van der Waals surface area contributed by atoms with Gasteiger partial charge < -0.3 is 23.5 Å². The van der Waals surface area contributed by atoms with Gasteiger partial charge in [-0.05, 0) is 58.6 Å². The van der Waals surface area contributed by atoms with Gasteiger partial charge in [0.15, 0.2) is 0 Å². The number of carbonyl (C=O) groups excluding carboxylic acids is 1.